The maximum Gasteiger partial charge on any atom is 0.330 e. The topological polar surface area (TPSA) is 169 Å². The van der Waals surface area contributed by atoms with Gasteiger partial charge in [0, 0.05) is 12.6 Å². The number of hydrogen-bond donors (Lipinski definition) is 3. The fourth-order valence-electron chi connectivity index (χ4n) is 2.50. The summed E-state index contributed by atoms with van der Waals surface area (Å²) in [6.45, 7) is -0.873. The van der Waals surface area contributed by atoms with E-state index in [4.69, 9.17) is 25.7 Å². The number of carbonyl (C=O) groups is 2. The van der Waals surface area contributed by atoms with Gasteiger partial charge >= 0.3 is 17.6 Å². The van der Waals surface area contributed by atoms with Gasteiger partial charge in [0.2, 0.25) is 0 Å². The summed E-state index contributed by atoms with van der Waals surface area (Å²) in [6.07, 6.45) is 0.394. The van der Waals surface area contributed by atoms with Crippen LogP contribution in [0.2, 0.25) is 0 Å². The number of halogens is 1. The van der Waals surface area contributed by atoms with Crippen molar-refractivity contribution >= 4 is 33.9 Å². The van der Waals surface area contributed by atoms with Crippen molar-refractivity contribution in [3.8, 4) is 0 Å². The van der Waals surface area contributed by atoms with Crippen LogP contribution in [0.25, 0.3) is 6.08 Å². The highest BCUT2D eigenvalue weighted by Gasteiger charge is 2.40. The number of rotatable bonds is 7. The molecule has 0 saturated carbocycles. The van der Waals surface area contributed by atoms with Crippen molar-refractivity contribution in [1.29, 1.82) is 0 Å². The maximum absolute atomic E-state index is 12.1. The van der Waals surface area contributed by atoms with Gasteiger partial charge in [-0.3, -0.25) is 23.9 Å². The van der Waals surface area contributed by atoms with Gasteiger partial charge in [-0.25, -0.2) is 4.79 Å². The number of aromatic nitrogens is 2. The molecule has 1 aliphatic heterocycles. The van der Waals surface area contributed by atoms with Crippen molar-refractivity contribution in [2.75, 3.05) is 19.7 Å². The van der Waals surface area contributed by atoms with Crippen molar-refractivity contribution in [2.24, 2.45) is 11.5 Å². The Hall–Kier alpha value is -2.28. The first-order valence-electron chi connectivity index (χ1n) is 7.92. The van der Waals surface area contributed by atoms with E-state index < -0.39 is 41.6 Å². The monoisotopic (exact) mass is 446 g/mol. The van der Waals surface area contributed by atoms with Crippen LogP contribution in [0.4, 0.5) is 0 Å². The fourth-order valence-corrected chi connectivity index (χ4v) is 2.78. The van der Waals surface area contributed by atoms with E-state index in [1.807, 2.05) is 0 Å². The predicted octanol–water partition coefficient (Wildman–Crippen LogP) is -1.44. The Morgan fingerprint density at radius 1 is 1.33 bits per heavy atom. The van der Waals surface area contributed by atoms with E-state index in [2.05, 4.69) is 20.9 Å². The number of nitrogens with two attached hydrogens (primary N) is 2. The Bertz CT molecular complexity index is 834. The highest BCUT2D eigenvalue weighted by atomic mass is 79.9. The van der Waals surface area contributed by atoms with Crippen LogP contribution >= 0.6 is 15.9 Å². The third-order valence-corrected chi connectivity index (χ3v) is 4.02. The second kappa shape index (κ2) is 9.60. The van der Waals surface area contributed by atoms with E-state index in [0.29, 0.717) is 0 Å². The lowest BCUT2D eigenvalue weighted by molar-refractivity contribution is -0.156. The quantitative estimate of drug-likeness (QED) is 0.424. The number of H-pyrrole nitrogens is 1. The standard InChI is InChI=1S/C15H19BrN4O7/c16-2-1-8-6-20(15(24)19-14(8)23)11-3-9(27-13(22)5-18)10(26-11)7-25-12(21)4-17/h1-2,6,9-11H,3-5,7,17-18H2,(H,19,23,24)/b2-1+/t9?,10-,11-/m0/s1. The predicted molar refractivity (Wildman–Crippen MR) is 96.8 cm³/mol. The third kappa shape index (κ3) is 5.35. The summed E-state index contributed by atoms with van der Waals surface area (Å²) in [4.78, 5) is 50.4. The molecule has 0 spiro atoms. The number of esters is 2. The van der Waals surface area contributed by atoms with Gasteiger partial charge in [0.05, 0.1) is 18.7 Å². The Morgan fingerprint density at radius 2 is 2.04 bits per heavy atom. The first kappa shape index (κ1) is 21.0. The van der Waals surface area contributed by atoms with Crippen LogP contribution in [-0.2, 0) is 23.8 Å². The smallest absolute Gasteiger partial charge is 0.330 e. The normalized spacial score (nSPS) is 22.1. The summed E-state index contributed by atoms with van der Waals surface area (Å²) in [5.41, 5.74) is 9.39. The molecule has 11 nitrogen and oxygen atoms in total. The lowest BCUT2D eigenvalue weighted by atomic mass is 10.2. The minimum atomic E-state index is -0.853. The number of hydrogen-bond acceptors (Lipinski definition) is 9. The molecule has 0 bridgehead atoms. The average molecular weight is 447 g/mol. The summed E-state index contributed by atoms with van der Waals surface area (Å²) >= 11 is 3.06. The molecule has 12 heteroatoms. The van der Waals surface area contributed by atoms with E-state index >= 15 is 0 Å². The van der Waals surface area contributed by atoms with Crippen molar-refractivity contribution < 1.29 is 23.8 Å². The molecule has 0 amide bonds. The van der Waals surface area contributed by atoms with Gasteiger partial charge in [0.25, 0.3) is 5.56 Å². The van der Waals surface area contributed by atoms with Crippen molar-refractivity contribution in [3.63, 3.8) is 0 Å². The summed E-state index contributed by atoms with van der Waals surface area (Å²) in [5.74, 6) is -1.33. The van der Waals surface area contributed by atoms with E-state index in [0.717, 1.165) is 4.57 Å². The van der Waals surface area contributed by atoms with Gasteiger partial charge in [0.15, 0.2) is 0 Å². The van der Waals surface area contributed by atoms with Gasteiger partial charge in [-0.1, -0.05) is 15.9 Å². The molecule has 0 aromatic carbocycles. The van der Waals surface area contributed by atoms with Crippen LogP contribution < -0.4 is 22.7 Å². The molecule has 3 atom stereocenters. The number of nitrogens with one attached hydrogen (secondary N) is 1. The van der Waals surface area contributed by atoms with Gasteiger partial charge in [-0.15, -0.1) is 0 Å². The Labute approximate surface area is 161 Å². The molecule has 1 aliphatic rings. The van der Waals surface area contributed by atoms with E-state index in [9.17, 15) is 19.2 Å². The van der Waals surface area contributed by atoms with Crippen LogP contribution in [0, 0.1) is 0 Å². The van der Waals surface area contributed by atoms with E-state index in [-0.39, 0.29) is 31.7 Å². The molecule has 1 fully saturated rings. The minimum absolute atomic E-state index is 0.0972. The first-order chi connectivity index (χ1) is 12.9. The second-order valence-electron chi connectivity index (χ2n) is 5.53. The van der Waals surface area contributed by atoms with Crippen molar-refractivity contribution in [2.45, 2.75) is 24.9 Å². The van der Waals surface area contributed by atoms with Gasteiger partial charge in [0.1, 0.15) is 25.0 Å². The van der Waals surface area contributed by atoms with Crippen LogP contribution in [0.1, 0.15) is 18.2 Å². The zero-order valence-electron chi connectivity index (χ0n) is 14.1. The first-order valence-corrected chi connectivity index (χ1v) is 8.84. The molecule has 0 aliphatic carbocycles. The highest BCUT2D eigenvalue weighted by molar-refractivity contribution is 9.11. The molecule has 5 N–H and O–H groups in total. The molecule has 27 heavy (non-hydrogen) atoms. The van der Waals surface area contributed by atoms with Gasteiger partial charge in [-0.05, 0) is 11.1 Å². The SMILES string of the molecule is NCC(=O)OC[C@@H]1O[C@H](n2cc(/C=C/Br)c(=O)[nH]c2=O)CC1OC(=O)CN. The van der Waals surface area contributed by atoms with Crippen molar-refractivity contribution in [1.82, 2.24) is 9.55 Å². The molecular formula is C15H19BrN4O7. The molecule has 1 unspecified atom stereocenters. The molecule has 2 rings (SSSR count). The lowest BCUT2D eigenvalue weighted by Gasteiger charge is -2.18. The molecule has 1 aromatic rings. The molecular weight excluding hydrogens is 428 g/mol. The second-order valence-corrected chi connectivity index (χ2v) is 6.06. The number of aromatic amines is 1. The zero-order chi connectivity index (χ0) is 20.0. The zero-order valence-corrected chi connectivity index (χ0v) is 15.7. The number of carbonyl (C=O) groups excluding carboxylic acids is 2. The van der Waals surface area contributed by atoms with Crippen molar-refractivity contribution in [3.05, 3.63) is 37.6 Å². The van der Waals surface area contributed by atoms with Gasteiger partial charge in [-0.2, -0.15) is 0 Å². The summed E-state index contributed by atoms with van der Waals surface area (Å²) < 4.78 is 17.0. The molecule has 1 aromatic heterocycles. The average Bonchev–Trinajstić information content (AvgIpc) is 3.04. The number of nitrogens with zero attached hydrogens (tertiary/aromatic N) is 1. The van der Waals surface area contributed by atoms with Crippen LogP contribution in [0.15, 0.2) is 20.8 Å². The van der Waals surface area contributed by atoms with E-state index in [1.54, 1.807) is 0 Å². The Kier molecular flexibility index (Phi) is 7.47. The summed E-state index contributed by atoms with van der Waals surface area (Å²) in [6, 6.07) is 0. The Morgan fingerprint density at radius 3 is 2.67 bits per heavy atom. The molecule has 2 heterocycles. The molecule has 1 saturated heterocycles. The summed E-state index contributed by atoms with van der Waals surface area (Å²) in [5, 5.41) is 0. The van der Waals surface area contributed by atoms with Gasteiger partial charge < -0.3 is 25.7 Å². The largest absolute Gasteiger partial charge is 0.462 e. The van der Waals surface area contributed by atoms with Crippen LogP contribution in [0.3, 0.4) is 0 Å². The van der Waals surface area contributed by atoms with E-state index in [1.165, 1.54) is 17.3 Å². The van der Waals surface area contributed by atoms with Crippen LogP contribution in [0.5, 0.6) is 0 Å². The fraction of sp³-hybridized carbons (Fsp3) is 0.467. The lowest BCUT2D eigenvalue weighted by Crippen LogP contribution is -2.34. The Balaban J connectivity index is 2.26. The molecule has 148 valence electrons. The summed E-state index contributed by atoms with van der Waals surface area (Å²) in [7, 11) is 0. The van der Waals surface area contributed by atoms with Crippen LogP contribution in [-0.4, -0.2) is 53.4 Å². The molecule has 0 radical (unpaired) electrons. The third-order valence-electron chi connectivity index (χ3n) is 3.75. The number of ether oxygens (including phenoxy) is 3. The maximum atomic E-state index is 12.1. The highest BCUT2D eigenvalue weighted by Crippen LogP contribution is 2.30. The minimum Gasteiger partial charge on any atom is -0.462 e.